The Hall–Kier alpha value is -3.46. The lowest BCUT2D eigenvalue weighted by Crippen LogP contribution is -2.28. The summed E-state index contributed by atoms with van der Waals surface area (Å²) in [4.78, 5) is 25.6. The van der Waals surface area contributed by atoms with Crippen molar-refractivity contribution in [1.29, 1.82) is 0 Å². The summed E-state index contributed by atoms with van der Waals surface area (Å²) >= 11 is 0. The predicted molar refractivity (Wildman–Crippen MR) is 178 cm³/mol. The molecule has 0 saturated heterocycles. The van der Waals surface area contributed by atoms with Crippen LogP contribution in [0.1, 0.15) is 91.4 Å². The number of hydrogen-bond donors (Lipinski definition) is 0. The Labute approximate surface area is 274 Å². The summed E-state index contributed by atoms with van der Waals surface area (Å²) in [5.41, 5.74) is 1.45. The SMILES string of the molecule is C=C(C)C(=O)OCCCCCCOc1c(F)cc(-c2ccc(OCCCCCCOC(=O)CCN(CCC)CCC)cc2)cc1F. The number of ether oxygens (including phenoxy) is 4. The Morgan fingerprint density at radius 2 is 1.22 bits per heavy atom. The van der Waals surface area contributed by atoms with Crippen LogP contribution in [0.3, 0.4) is 0 Å². The minimum atomic E-state index is -0.748. The van der Waals surface area contributed by atoms with Crippen LogP contribution in [0.5, 0.6) is 11.5 Å². The summed E-state index contributed by atoms with van der Waals surface area (Å²) in [7, 11) is 0. The summed E-state index contributed by atoms with van der Waals surface area (Å²) < 4.78 is 51.0. The van der Waals surface area contributed by atoms with E-state index in [0.717, 1.165) is 71.0 Å². The van der Waals surface area contributed by atoms with Crippen molar-refractivity contribution in [2.24, 2.45) is 0 Å². The zero-order valence-corrected chi connectivity index (χ0v) is 28.1. The molecule has 0 atom stereocenters. The van der Waals surface area contributed by atoms with E-state index in [9.17, 15) is 18.4 Å². The highest BCUT2D eigenvalue weighted by Gasteiger charge is 2.14. The van der Waals surface area contributed by atoms with E-state index >= 15 is 0 Å². The number of carbonyl (C=O) groups is 2. The number of benzene rings is 2. The van der Waals surface area contributed by atoms with Crippen LogP contribution in [-0.4, -0.2) is 62.9 Å². The van der Waals surface area contributed by atoms with Gasteiger partial charge in [0.05, 0.1) is 32.8 Å². The lowest BCUT2D eigenvalue weighted by atomic mass is 10.0. The van der Waals surface area contributed by atoms with Crippen LogP contribution in [0.2, 0.25) is 0 Å². The first-order chi connectivity index (χ1) is 22.2. The third-order valence-corrected chi connectivity index (χ3v) is 7.33. The zero-order chi connectivity index (χ0) is 33.6. The van der Waals surface area contributed by atoms with Crippen LogP contribution in [0.15, 0.2) is 48.6 Å². The van der Waals surface area contributed by atoms with Crippen molar-refractivity contribution < 1.29 is 37.3 Å². The average molecular weight is 646 g/mol. The summed E-state index contributed by atoms with van der Waals surface area (Å²) in [5.74, 6) is -1.71. The Morgan fingerprint density at radius 1 is 0.696 bits per heavy atom. The van der Waals surface area contributed by atoms with Gasteiger partial charge in [0.25, 0.3) is 0 Å². The first kappa shape index (κ1) is 38.7. The Kier molecular flexibility index (Phi) is 19.3. The van der Waals surface area contributed by atoms with E-state index in [4.69, 9.17) is 18.9 Å². The summed E-state index contributed by atoms with van der Waals surface area (Å²) in [5, 5.41) is 0. The van der Waals surface area contributed by atoms with Crippen molar-refractivity contribution in [2.45, 2.75) is 91.4 Å². The highest BCUT2D eigenvalue weighted by atomic mass is 19.1. The van der Waals surface area contributed by atoms with Gasteiger partial charge in [-0.3, -0.25) is 4.79 Å². The fraction of sp³-hybridized carbons (Fsp3) is 0.568. The van der Waals surface area contributed by atoms with Crippen LogP contribution in [0.25, 0.3) is 11.1 Å². The monoisotopic (exact) mass is 645 g/mol. The standard InChI is InChI=1S/C37H53F2NO6/c1-5-20-40(21-6-2)22-19-35(41)44-24-12-8-7-11-23-43-32-17-15-30(16-18-32)31-27-33(38)36(34(39)28-31)45-25-13-9-10-14-26-46-37(42)29(3)4/h15-18,27-28H,3,5-14,19-26H2,1-2,4H3. The maximum atomic E-state index is 14.7. The maximum Gasteiger partial charge on any atom is 0.333 e. The Bertz CT molecular complexity index is 1160. The quantitative estimate of drug-likeness (QED) is 0.0608. The number of halogens is 2. The van der Waals surface area contributed by atoms with Gasteiger partial charge in [-0.1, -0.05) is 32.6 Å². The first-order valence-electron chi connectivity index (χ1n) is 16.8. The van der Waals surface area contributed by atoms with Gasteiger partial charge < -0.3 is 23.8 Å². The molecule has 0 aromatic heterocycles. The van der Waals surface area contributed by atoms with Gasteiger partial charge in [0.1, 0.15) is 5.75 Å². The van der Waals surface area contributed by atoms with Gasteiger partial charge in [-0.05, 0) is 120 Å². The van der Waals surface area contributed by atoms with Crippen LogP contribution < -0.4 is 9.47 Å². The van der Waals surface area contributed by atoms with Crippen molar-refractivity contribution in [2.75, 3.05) is 46.1 Å². The Balaban J connectivity index is 1.61. The smallest absolute Gasteiger partial charge is 0.333 e. The van der Waals surface area contributed by atoms with Crippen molar-refractivity contribution in [3.05, 3.63) is 60.2 Å². The molecule has 0 aliphatic heterocycles. The maximum absolute atomic E-state index is 14.7. The van der Waals surface area contributed by atoms with Crippen LogP contribution >= 0.6 is 0 Å². The minimum Gasteiger partial charge on any atom is -0.494 e. The number of hydrogen-bond acceptors (Lipinski definition) is 7. The van der Waals surface area contributed by atoms with Crippen molar-refractivity contribution in [3.8, 4) is 22.6 Å². The molecule has 0 N–H and O–H groups in total. The third-order valence-electron chi connectivity index (χ3n) is 7.33. The van der Waals surface area contributed by atoms with E-state index in [-0.39, 0.29) is 18.3 Å². The molecule has 0 radical (unpaired) electrons. The molecule has 0 unspecified atom stereocenters. The van der Waals surface area contributed by atoms with Crippen molar-refractivity contribution in [1.82, 2.24) is 4.90 Å². The molecular weight excluding hydrogens is 592 g/mol. The minimum absolute atomic E-state index is 0.126. The third kappa shape index (κ3) is 15.7. The highest BCUT2D eigenvalue weighted by Crippen LogP contribution is 2.30. The van der Waals surface area contributed by atoms with Gasteiger partial charge in [-0.25, -0.2) is 13.6 Å². The molecule has 256 valence electrons. The van der Waals surface area contributed by atoms with Crippen molar-refractivity contribution in [3.63, 3.8) is 0 Å². The molecule has 0 amide bonds. The molecule has 9 heteroatoms. The van der Waals surface area contributed by atoms with Gasteiger partial charge in [0, 0.05) is 12.1 Å². The first-order valence-corrected chi connectivity index (χ1v) is 16.8. The van der Waals surface area contributed by atoms with Gasteiger partial charge in [-0.2, -0.15) is 0 Å². The second kappa shape index (κ2) is 23.0. The van der Waals surface area contributed by atoms with Crippen molar-refractivity contribution >= 4 is 11.9 Å². The second-order valence-electron chi connectivity index (χ2n) is 11.5. The van der Waals surface area contributed by atoms with Crippen LogP contribution in [-0.2, 0) is 19.1 Å². The number of rotatable bonds is 25. The van der Waals surface area contributed by atoms with Crippen LogP contribution in [0, 0.1) is 11.6 Å². The second-order valence-corrected chi connectivity index (χ2v) is 11.5. The van der Waals surface area contributed by atoms with E-state index in [2.05, 4.69) is 25.3 Å². The molecule has 0 aliphatic rings. The molecule has 0 bridgehead atoms. The molecule has 0 heterocycles. The predicted octanol–water partition coefficient (Wildman–Crippen LogP) is 8.68. The summed E-state index contributed by atoms with van der Waals surface area (Å²) in [6.07, 6.45) is 9.18. The van der Waals surface area contributed by atoms with E-state index < -0.39 is 17.6 Å². The number of esters is 2. The van der Waals surface area contributed by atoms with Gasteiger partial charge in [-0.15, -0.1) is 0 Å². The molecular formula is C37H53F2NO6. The molecule has 2 rings (SSSR count). The van der Waals surface area contributed by atoms with Crippen LogP contribution in [0.4, 0.5) is 8.78 Å². The van der Waals surface area contributed by atoms with E-state index in [1.807, 2.05) is 0 Å². The largest absolute Gasteiger partial charge is 0.494 e. The molecule has 0 saturated carbocycles. The normalized spacial score (nSPS) is 11.0. The molecule has 2 aromatic rings. The number of unbranched alkanes of at least 4 members (excludes halogenated alkanes) is 6. The number of carbonyl (C=O) groups excluding carboxylic acids is 2. The topological polar surface area (TPSA) is 74.3 Å². The molecule has 0 spiro atoms. The van der Waals surface area contributed by atoms with Gasteiger partial charge >= 0.3 is 11.9 Å². The number of nitrogens with zero attached hydrogens (tertiary/aromatic N) is 1. The van der Waals surface area contributed by atoms with E-state index in [0.29, 0.717) is 61.5 Å². The van der Waals surface area contributed by atoms with E-state index in [1.165, 1.54) is 12.1 Å². The lowest BCUT2D eigenvalue weighted by Gasteiger charge is -2.20. The summed E-state index contributed by atoms with van der Waals surface area (Å²) in [6, 6.07) is 9.67. The average Bonchev–Trinajstić information content (AvgIpc) is 3.03. The lowest BCUT2D eigenvalue weighted by molar-refractivity contribution is -0.144. The molecule has 46 heavy (non-hydrogen) atoms. The Morgan fingerprint density at radius 3 is 1.76 bits per heavy atom. The molecule has 7 nitrogen and oxygen atoms in total. The summed E-state index contributed by atoms with van der Waals surface area (Å²) in [6.45, 7) is 13.7. The zero-order valence-electron chi connectivity index (χ0n) is 28.1. The fourth-order valence-electron chi connectivity index (χ4n) is 4.85. The van der Waals surface area contributed by atoms with E-state index in [1.54, 1.807) is 31.2 Å². The molecule has 0 aliphatic carbocycles. The molecule has 0 fully saturated rings. The highest BCUT2D eigenvalue weighted by molar-refractivity contribution is 5.86. The molecule has 2 aromatic carbocycles. The fourth-order valence-corrected chi connectivity index (χ4v) is 4.85. The van der Waals surface area contributed by atoms with Gasteiger partial charge in [0.15, 0.2) is 17.4 Å². The van der Waals surface area contributed by atoms with Gasteiger partial charge in [0.2, 0.25) is 0 Å².